The highest BCUT2D eigenvalue weighted by Crippen LogP contribution is 2.32. The Morgan fingerprint density at radius 1 is 1.26 bits per heavy atom. The number of nitrogens with zero attached hydrogens (tertiary/aromatic N) is 1. The minimum absolute atomic E-state index is 0.113. The smallest absolute Gasteiger partial charge is 0.231 e. The van der Waals surface area contributed by atoms with Crippen LogP contribution < -0.4 is 19.9 Å². The third-order valence-electron chi connectivity index (χ3n) is 3.16. The minimum Gasteiger partial charge on any atom is -0.550 e. The molecule has 1 aliphatic rings. The van der Waals surface area contributed by atoms with Crippen LogP contribution in [0, 0.1) is 0 Å². The van der Waals surface area contributed by atoms with Crippen LogP contribution in [0.4, 0.5) is 0 Å². The highest BCUT2D eigenvalue weighted by Gasteiger charge is 2.14. The summed E-state index contributed by atoms with van der Waals surface area (Å²) in [5, 5.41) is 15.5. The maximum Gasteiger partial charge on any atom is 0.231 e. The zero-order valence-electron chi connectivity index (χ0n) is 12.0. The lowest BCUT2D eigenvalue weighted by Gasteiger charge is -2.05. The summed E-state index contributed by atoms with van der Waals surface area (Å²) in [6.45, 7) is 0.580. The molecule has 0 fully saturated rings. The van der Waals surface area contributed by atoms with Crippen molar-refractivity contribution >= 4 is 23.2 Å². The average molecular weight is 333 g/mol. The van der Waals surface area contributed by atoms with Crippen LogP contribution in [0.15, 0.2) is 23.6 Å². The van der Waals surface area contributed by atoms with Crippen LogP contribution in [0.5, 0.6) is 11.5 Å². The van der Waals surface area contributed by atoms with Crippen LogP contribution in [0.1, 0.15) is 16.3 Å². The molecule has 2 aromatic rings. The number of rotatable bonds is 6. The van der Waals surface area contributed by atoms with Gasteiger partial charge in [0.05, 0.1) is 12.1 Å². The van der Waals surface area contributed by atoms with Gasteiger partial charge in [-0.1, -0.05) is 6.07 Å². The van der Waals surface area contributed by atoms with E-state index in [0.717, 1.165) is 5.56 Å². The largest absolute Gasteiger partial charge is 0.550 e. The van der Waals surface area contributed by atoms with Crippen molar-refractivity contribution < 1.29 is 24.2 Å². The molecule has 3 rings (SSSR count). The molecule has 0 spiro atoms. The molecule has 7 nitrogen and oxygen atoms in total. The van der Waals surface area contributed by atoms with Crippen molar-refractivity contribution in [3.8, 4) is 11.5 Å². The van der Waals surface area contributed by atoms with Gasteiger partial charge in [0.1, 0.15) is 5.01 Å². The van der Waals surface area contributed by atoms with E-state index in [2.05, 4.69) is 10.3 Å². The number of thiazole rings is 1. The highest BCUT2D eigenvalue weighted by atomic mass is 32.1. The first-order valence-corrected chi connectivity index (χ1v) is 7.76. The predicted octanol–water partition coefficient (Wildman–Crippen LogP) is 0.0231. The SMILES string of the molecule is O=C([O-])Cc1csc(CC(=O)NCc2ccc3c(c2)OCO3)n1. The Labute approximate surface area is 135 Å². The van der Waals surface area contributed by atoms with Crippen molar-refractivity contribution in [2.45, 2.75) is 19.4 Å². The van der Waals surface area contributed by atoms with Gasteiger partial charge in [-0.2, -0.15) is 0 Å². The summed E-state index contributed by atoms with van der Waals surface area (Å²) in [7, 11) is 0. The van der Waals surface area contributed by atoms with Crippen LogP contribution in [0.2, 0.25) is 0 Å². The molecule has 23 heavy (non-hydrogen) atoms. The van der Waals surface area contributed by atoms with Crippen molar-refractivity contribution in [3.63, 3.8) is 0 Å². The van der Waals surface area contributed by atoms with E-state index in [-0.39, 0.29) is 25.5 Å². The lowest BCUT2D eigenvalue weighted by atomic mass is 10.2. The molecule has 1 N–H and O–H groups in total. The first-order valence-electron chi connectivity index (χ1n) is 6.88. The summed E-state index contributed by atoms with van der Waals surface area (Å²) < 4.78 is 10.5. The normalized spacial score (nSPS) is 12.2. The maximum absolute atomic E-state index is 11.9. The average Bonchev–Trinajstić information content (AvgIpc) is 3.13. The molecular formula is C15H13N2O5S-. The topological polar surface area (TPSA) is 101 Å². The standard InChI is InChI=1S/C15H14N2O5S/c18-13(5-14-17-10(7-23-14)4-15(19)20)16-6-9-1-2-11-12(3-9)22-8-21-11/h1-3,7H,4-6,8H2,(H,16,18)(H,19,20)/p-1. The number of benzene rings is 1. The molecule has 0 saturated carbocycles. The lowest BCUT2D eigenvalue weighted by Crippen LogP contribution is -2.25. The first-order chi connectivity index (χ1) is 11.1. The van der Waals surface area contributed by atoms with E-state index in [4.69, 9.17) is 9.47 Å². The Bertz CT molecular complexity index is 743. The monoisotopic (exact) mass is 333 g/mol. The quantitative estimate of drug-likeness (QED) is 0.800. The number of hydrogen-bond donors (Lipinski definition) is 1. The third kappa shape index (κ3) is 3.98. The first kappa shape index (κ1) is 15.3. The number of amides is 1. The summed E-state index contributed by atoms with van der Waals surface area (Å²) >= 11 is 1.26. The van der Waals surface area contributed by atoms with Crippen LogP contribution in [0.25, 0.3) is 0 Å². The van der Waals surface area contributed by atoms with Gasteiger partial charge < -0.3 is 24.7 Å². The second kappa shape index (κ2) is 6.66. The molecule has 1 amide bonds. The van der Waals surface area contributed by atoms with E-state index >= 15 is 0 Å². The number of carboxylic acids is 1. The third-order valence-corrected chi connectivity index (χ3v) is 4.06. The van der Waals surface area contributed by atoms with Crippen molar-refractivity contribution in [1.29, 1.82) is 0 Å². The Balaban J connectivity index is 1.51. The summed E-state index contributed by atoms with van der Waals surface area (Å²) in [6.07, 6.45) is -0.127. The fraction of sp³-hybridized carbons (Fsp3) is 0.267. The van der Waals surface area contributed by atoms with Crippen LogP contribution >= 0.6 is 11.3 Å². The minimum atomic E-state index is -1.19. The molecule has 120 valence electrons. The lowest BCUT2D eigenvalue weighted by molar-refractivity contribution is -0.304. The molecule has 0 radical (unpaired) electrons. The molecule has 0 atom stereocenters. The van der Waals surface area contributed by atoms with Gasteiger partial charge in [0.2, 0.25) is 12.7 Å². The molecule has 0 saturated heterocycles. The molecule has 0 bridgehead atoms. The highest BCUT2D eigenvalue weighted by molar-refractivity contribution is 7.09. The zero-order chi connectivity index (χ0) is 16.2. The molecule has 0 unspecified atom stereocenters. The van der Waals surface area contributed by atoms with Crippen LogP contribution in [-0.2, 0) is 29.0 Å². The van der Waals surface area contributed by atoms with E-state index in [1.807, 2.05) is 12.1 Å². The predicted molar refractivity (Wildman–Crippen MR) is 78.9 cm³/mol. The molecule has 1 aliphatic heterocycles. The second-order valence-electron chi connectivity index (χ2n) is 4.92. The molecule has 0 aliphatic carbocycles. The Morgan fingerprint density at radius 3 is 2.91 bits per heavy atom. The number of aromatic nitrogens is 1. The number of nitrogens with one attached hydrogen (secondary N) is 1. The van der Waals surface area contributed by atoms with Gasteiger partial charge in [-0.05, 0) is 17.7 Å². The Kier molecular flexibility index (Phi) is 4.42. The molecule has 1 aromatic heterocycles. The van der Waals surface area contributed by atoms with E-state index in [0.29, 0.717) is 28.7 Å². The fourth-order valence-electron chi connectivity index (χ4n) is 2.11. The maximum atomic E-state index is 11.9. The zero-order valence-corrected chi connectivity index (χ0v) is 12.9. The molecule has 8 heteroatoms. The number of fused-ring (bicyclic) bond motifs is 1. The van der Waals surface area contributed by atoms with E-state index in [1.165, 1.54) is 11.3 Å². The second-order valence-corrected chi connectivity index (χ2v) is 5.87. The van der Waals surface area contributed by atoms with Crippen molar-refractivity contribution in [1.82, 2.24) is 10.3 Å². The van der Waals surface area contributed by atoms with E-state index in [1.54, 1.807) is 11.4 Å². The Hall–Kier alpha value is -2.61. The molecule has 2 heterocycles. The molecule has 1 aromatic carbocycles. The number of hydrogen-bond acceptors (Lipinski definition) is 7. The number of aliphatic carboxylic acids is 1. The van der Waals surface area contributed by atoms with Crippen LogP contribution in [-0.4, -0.2) is 23.7 Å². The van der Waals surface area contributed by atoms with Gasteiger partial charge in [0, 0.05) is 24.3 Å². The van der Waals surface area contributed by atoms with Crippen molar-refractivity contribution in [2.75, 3.05) is 6.79 Å². The van der Waals surface area contributed by atoms with Gasteiger partial charge in [-0.25, -0.2) is 4.98 Å². The fourth-order valence-corrected chi connectivity index (χ4v) is 2.90. The van der Waals surface area contributed by atoms with Crippen molar-refractivity contribution in [2.24, 2.45) is 0 Å². The van der Waals surface area contributed by atoms with Crippen LogP contribution in [0.3, 0.4) is 0 Å². The van der Waals surface area contributed by atoms with Gasteiger partial charge in [0.15, 0.2) is 11.5 Å². The number of carboxylic acid groups (broad SMARTS) is 1. The van der Waals surface area contributed by atoms with Gasteiger partial charge in [-0.15, -0.1) is 11.3 Å². The molecular weight excluding hydrogens is 320 g/mol. The van der Waals surface area contributed by atoms with E-state index < -0.39 is 5.97 Å². The number of ether oxygens (including phenoxy) is 2. The summed E-state index contributed by atoms with van der Waals surface area (Å²) in [6, 6.07) is 5.48. The van der Waals surface area contributed by atoms with E-state index in [9.17, 15) is 14.7 Å². The summed E-state index contributed by atoms with van der Waals surface area (Å²) in [5.41, 5.74) is 1.31. The number of carbonyl (C=O) groups excluding carboxylic acids is 2. The summed E-state index contributed by atoms with van der Waals surface area (Å²) in [4.78, 5) is 26.5. The summed E-state index contributed by atoms with van der Waals surface area (Å²) in [5.74, 6) is -0.00182. The number of carbonyl (C=O) groups is 2. The van der Waals surface area contributed by atoms with Gasteiger partial charge in [0.25, 0.3) is 0 Å². The van der Waals surface area contributed by atoms with Crippen molar-refractivity contribution in [3.05, 3.63) is 39.8 Å². The van der Waals surface area contributed by atoms with Gasteiger partial charge in [-0.3, -0.25) is 4.79 Å². The van der Waals surface area contributed by atoms with Gasteiger partial charge >= 0.3 is 0 Å². The Morgan fingerprint density at radius 2 is 2.09 bits per heavy atom.